The molecule has 1 aliphatic rings. The van der Waals surface area contributed by atoms with E-state index in [1.807, 2.05) is 0 Å². The standard InChI is InChI=1S/C10H16O6/c11-6-1-3-10(4-2-6,9(15)16)5-7(12)8(13)14/h6-7,11-12H,1-5H2,(H,13,14)(H,15,16)/t6?,7-,10?/m1/s1. The second-order valence-electron chi connectivity index (χ2n) is 4.37. The van der Waals surface area contributed by atoms with Crippen LogP contribution in [0, 0.1) is 5.41 Å². The van der Waals surface area contributed by atoms with Gasteiger partial charge in [-0.15, -0.1) is 0 Å². The van der Waals surface area contributed by atoms with Gasteiger partial charge in [-0.2, -0.15) is 0 Å². The Morgan fingerprint density at radius 2 is 1.75 bits per heavy atom. The maximum Gasteiger partial charge on any atom is 0.332 e. The van der Waals surface area contributed by atoms with E-state index < -0.39 is 29.6 Å². The Balaban J connectivity index is 2.74. The highest BCUT2D eigenvalue weighted by molar-refractivity contribution is 5.77. The molecule has 1 aliphatic carbocycles. The van der Waals surface area contributed by atoms with Gasteiger partial charge in [0.2, 0.25) is 0 Å². The fourth-order valence-electron chi connectivity index (χ4n) is 2.12. The summed E-state index contributed by atoms with van der Waals surface area (Å²) in [6.45, 7) is 0. The van der Waals surface area contributed by atoms with E-state index >= 15 is 0 Å². The molecule has 0 aromatic heterocycles. The minimum Gasteiger partial charge on any atom is -0.481 e. The molecule has 0 spiro atoms. The van der Waals surface area contributed by atoms with Gasteiger partial charge in [-0.05, 0) is 25.7 Å². The molecule has 1 saturated carbocycles. The predicted molar refractivity (Wildman–Crippen MR) is 52.8 cm³/mol. The maximum absolute atomic E-state index is 11.2. The molecule has 92 valence electrons. The zero-order valence-electron chi connectivity index (χ0n) is 8.80. The van der Waals surface area contributed by atoms with Gasteiger partial charge >= 0.3 is 11.9 Å². The fraction of sp³-hybridized carbons (Fsp3) is 0.800. The smallest absolute Gasteiger partial charge is 0.332 e. The third-order valence-corrected chi connectivity index (χ3v) is 3.24. The van der Waals surface area contributed by atoms with E-state index in [0.717, 1.165) is 0 Å². The molecule has 0 aromatic carbocycles. The van der Waals surface area contributed by atoms with Gasteiger partial charge < -0.3 is 20.4 Å². The van der Waals surface area contributed by atoms with Crippen LogP contribution in [0.5, 0.6) is 0 Å². The summed E-state index contributed by atoms with van der Waals surface area (Å²) in [5.74, 6) is -2.51. The van der Waals surface area contributed by atoms with Gasteiger partial charge in [-0.1, -0.05) is 0 Å². The summed E-state index contributed by atoms with van der Waals surface area (Å²) in [6.07, 6.45) is -1.41. The molecule has 0 unspecified atom stereocenters. The van der Waals surface area contributed by atoms with E-state index in [1.165, 1.54) is 0 Å². The lowest BCUT2D eigenvalue weighted by Crippen LogP contribution is -2.41. The van der Waals surface area contributed by atoms with Crippen molar-refractivity contribution < 1.29 is 30.0 Å². The summed E-state index contributed by atoms with van der Waals surface area (Å²) >= 11 is 0. The Labute approximate surface area is 92.5 Å². The largest absolute Gasteiger partial charge is 0.481 e. The Morgan fingerprint density at radius 1 is 1.25 bits per heavy atom. The van der Waals surface area contributed by atoms with E-state index in [9.17, 15) is 19.8 Å². The molecule has 0 bridgehead atoms. The van der Waals surface area contributed by atoms with Crippen LogP contribution in [0.4, 0.5) is 0 Å². The molecule has 1 fully saturated rings. The van der Waals surface area contributed by atoms with Gasteiger partial charge in [0.1, 0.15) is 0 Å². The molecule has 1 rings (SSSR count). The number of hydrogen-bond donors (Lipinski definition) is 4. The van der Waals surface area contributed by atoms with Crippen molar-refractivity contribution in [3.63, 3.8) is 0 Å². The Kier molecular flexibility index (Phi) is 3.88. The Morgan fingerprint density at radius 3 is 2.12 bits per heavy atom. The summed E-state index contributed by atoms with van der Waals surface area (Å²) < 4.78 is 0. The van der Waals surface area contributed by atoms with Gasteiger partial charge in [0, 0.05) is 6.42 Å². The monoisotopic (exact) mass is 232 g/mol. The predicted octanol–water partition coefficient (Wildman–Crippen LogP) is -0.172. The fourth-order valence-corrected chi connectivity index (χ4v) is 2.12. The maximum atomic E-state index is 11.2. The number of aliphatic carboxylic acids is 2. The van der Waals surface area contributed by atoms with Crippen LogP contribution in [0.25, 0.3) is 0 Å². The van der Waals surface area contributed by atoms with E-state index in [-0.39, 0.29) is 19.3 Å². The molecule has 6 nitrogen and oxygen atoms in total. The van der Waals surface area contributed by atoms with E-state index in [4.69, 9.17) is 10.2 Å². The van der Waals surface area contributed by atoms with E-state index in [2.05, 4.69) is 0 Å². The van der Waals surface area contributed by atoms with Crippen LogP contribution in [-0.2, 0) is 9.59 Å². The summed E-state index contributed by atoms with van der Waals surface area (Å²) in [5, 5.41) is 36.2. The average Bonchev–Trinajstić information content (AvgIpc) is 2.21. The number of carbonyl (C=O) groups is 2. The van der Waals surface area contributed by atoms with Crippen molar-refractivity contribution in [1.82, 2.24) is 0 Å². The van der Waals surface area contributed by atoms with Crippen LogP contribution < -0.4 is 0 Å². The first-order valence-electron chi connectivity index (χ1n) is 5.20. The van der Waals surface area contributed by atoms with Crippen molar-refractivity contribution >= 4 is 11.9 Å². The molecule has 0 amide bonds. The van der Waals surface area contributed by atoms with E-state index in [1.54, 1.807) is 0 Å². The van der Waals surface area contributed by atoms with Gasteiger partial charge in [-0.3, -0.25) is 4.79 Å². The highest BCUT2D eigenvalue weighted by Crippen LogP contribution is 2.40. The molecule has 0 radical (unpaired) electrons. The van der Waals surface area contributed by atoms with Gasteiger partial charge in [0.15, 0.2) is 6.10 Å². The van der Waals surface area contributed by atoms with Crippen LogP contribution in [0.2, 0.25) is 0 Å². The van der Waals surface area contributed by atoms with Gasteiger partial charge in [0.25, 0.3) is 0 Å². The zero-order chi connectivity index (χ0) is 12.3. The van der Waals surface area contributed by atoms with Crippen molar-refractivity contribution in [2.24, 2.45) is 5.41 Å². The number of carboxylic acid groups (broad SMARTS) is 2. The summed E-state index contributed by atoms with van der Waals surface area (Å²) in [7, 11) is 0. The van der Waals surface area contributed by atoms with Crippen LogP contribution in [0.3, 0.4) is 0 Å². The van der Waals surface area contributed by atoms with Crippen LogP contribution in [0.15, 0.2) is 0 Å². The average molecular weight is 232 g/mol. The van der Waals surface area contributed by atoms with E-state index in [0.29, 0.717) is 12.8 Å². The number of carboxylic acids is 2. The second kappa shape index (κ2) is 4.80. The number of aliphatic hydroxyl groups excluding tert-OH is 2. The first-order valence-corrected chi connectivity index (χ1v) is 5.20. The second-order valence-corrected chi connectivity index (χ2v) is 4.37. The number of aliphatic hydroxyl groups is 2. The lowest BCUT2D eigenvalue weighted by molar-refractivity contribution is -0.159. The molecule has 6 heteroatoms. The van der Waals surface area contributed by atoms with Gasteiger partial charge in [-0.25, -0.2) is 4.79 Å². The molecular weight excluding hydrogens is 216 g/mol. The quantitative estimate of drug-likeness (QED) is 0.535. The lowest BCUT2D eigenvalue weighted by Gasteiger charge is -2.35. The summed E-state index contributed by atoms with van der Waals surface area (Å²) in [4.78, 5) is 21.7. The lowest BCUT2D eigenvalue weighted by atomic mass is 9.70. The van der Waals surface area contributed by atoms with Crippen molar-refractivity contribution in [2.45, 2.75) is 44.3 Å². The first-order chi connectivity index (χ1) is 7.37. The molecule has 1 atom stereocenters. The molecule has 0 aliphatic heterocycles. The molecule has 4 N–H and O–H groups in total. The number of hydrogen-bond acceptors (Lipinski definition) is 4. The highest BCUT2D eigenvalue weighted by Gasteiger charge is 2.44. The summed E-state index contributed by atoms with van der Waals surface area (Å²) in [6, 6.07) is 0. The highest BCUT2D eigenvalue weighted by atomic mass is 16.4. The summed E-state index contributed by atoms with van der Waals surface area (Å²) in [5.41, 5.74) is -1.21. The third-order valence-electron chi connectivity index (χ3n) is 3.24. The molecule has 16 heavy (non-hydrogen) atoms. The normalized spacial score (nSPS) is 32.0. The topological polar surface area (TPSA) is 115 Å². The minimum absolute atomic E-state index is 0.202. The molecular formula is C10H16O6. The minimum atomic E-state index is -1.66. The Bertz CT molecular complexity index is 279. The van der Waals surface area contributed by atoms with Crippen LogP contribution in [-0.4, -0.2) is 44.6 Å². The number of rotatable bonds is 4. The van der Waals surface area contributed by atoms with Gasteiger partial charge in [0.05, 0.1) is 11.5 Å². The molecule has 0 saturated heterocycles. The zero-order valence-corrected chi connectivity index (χ0v) is 8.80. The molecule has 0 aromatic rings. The van der Waals surface area contributed by atoms with Crippen molar-refractivity contribution in [3.8, 4) is 0 Å². The molecule has 0 heterocycles. The van der Waals surface area contributed by atoms with Crippen molar-refractivity contribution in [1.29, 1.82) is 0 Å². The van der Waals surface area contributed by atoms with Crippen LogP contribution >= 0.6 is 0 Å². The third kappa shape index (κ3) is 2.70. The SMILES string of the molecule is O=C(O)[C@H](O)CC1(C(=O)O)CCC(O)CC1. The van der Waals surface area contributed by atoms with Crippen molar-refractivity contribution in [3.05, 3.63) is 0 Å². The van der Waals surface area contributed by atoms with Crippen molar-refractivity contribution in [2.75, 3.05) is 0 Å². The first kappa shape index (κ1) is 12.9. The Hall–Kier alpha value is -1.14. The van der Waals surface area contributed by atoms with Crippen LogP contribution in [0.1, 0.15) is 32.1 Å².